The Morgan fingerprint density at radius 2 is 1.75 bits per heavy atom. The highest BCUT2D eigenvalue weighted by Crippen LogP contribution is 2.42. The zero-order valence-corrected chi connectivity index (χ0v) is 15.0. The van der Waals surface area contributed by atoms with Gasteiger partial charge in [0.15, 0.2) is 0 Å². The van der Waals surface area contributed by atoms with Gasteiger partial charge in [0.2, 0.25) is 5.91 Å². The molecular formula is C21H30N2O. The van der Waals surface area contributed by atoms with E-state index in [-0.39, 0.29) is 5.41 Å². The Labute approximate surface area is 146 Å². The number of nitrogens with zero attached hydrogens (tertiary/aromatic N) is 2. The first-order chi connectivity index (χ1) is 11.7. The Morgan fingerprint density at radius 3 is 2.42 bits per heavy atom. The number of rotatable bonds is 3. The molecule has 130 valence electrons. The van der Waals surface area contributed by atoms with E-state index in [1.165, 1.54) is 25.7 Å². The minimum Gasteiger partial charge on any atom is -0.342 e. The molecule has 24 heavy (non-hydrogen) atoms. The Hall–Kier alpha value is -1.35. The van der Waals surface area contributed by atoms with Crippen molar-refractivity contribution in [3.8, 4) is 0 Å². The SMILES string of the molecule is CCCN1CCC2(CCN(C3CCc4ccccc4CC3)C2)C1=O. The molecule has 1 atom stereocenters. The number of fused-ring (bicyclic) bond motifs is 1. The van der Waals surface area contributed by atoms with Crippen molar-refractivity contribution < 1.29 is 4.79 Å². The smallest absolute Gasteiger partial charge is 0.230 e. The minimum atomic E-state index is -0.0473. The predicted octanol–water partition coefficient (Wildman–Crippen LogP) is 3.27. The molecule has 1 aromatic rings. The van der Waals surface area contributed by atoms with Crippen LogP contribution in [0, 0.1) is 5.41 Å². The number of aryl methyl sites for hydroxylation is 2. The molecule has 1 aliphatic carbocycles. The Bertz CT molecular complexity index is 587. The fourth-order valence-corrected chi connectivity index (χ4v) is 5.17. The Kier molecular flexibility index (Phi) is 4.38. The van der Waals surface area contributed by atoms with Crippen molar-refractivity contribution in [2.75, 3.05) is 26.2 Å². The van der Waals surface area contributed by atoms with E-state index in [1.807, 2.05) is 0 Å². The van der Waals surface area contributed by atoms with Gasteiger partial charge in [-0.1, -0.05) is 31.2 Å². The average molecular weight is 326 g/mol. The molecule has 4 rings (SSSR count). The molecule has 3 nitrogen and oxygen atoms in total. The van der Waals surface area contributed by atoms with Crippen LogP contribution in [0.15, 0.2) is 24.3 Å². The molecule has 0 aromatic heterocycles. The summed E-state index contributed by atoms with van der Waals surface area (Å²) in [5.74, 6) is 0.448. The van der Waals surface area contributed by atoms with E-state index in [4.69, 9.17) is 0 Å². The van der Waals surface area contributed by atoms with Gasteiger partial charge in [0.25, 0.3) is 0 Å². The molecule has 0 radical (unpaired) electrons. The van der Waals surface area contributed by atoms with E-state index in [1.54, 1.807) is 11.1 Å². The van der Waals surface area contributed by atoms with Gasteiger partial charge in [-0.2, -0.15) is 0 Å². The summed E-state index contributed by atoms with van der Waals surface area (Å²) in [5, 5.41) is 0. The second-order valence-corrected chi connectivity index (χ2v) is 8.04. The van der Waals surface area contributed by atoms with Gasteiger partial charge in [-0.05, 0) is 62.6 Å². The molecule has 2 fully saturated rings. The molecule has 1 amide bonds. The second kappa shape index (κ2) is 6.51. The lowest BCUT2D eigenvalue weighted by Gasteiger charge is -2.29. The van der Waals surface area contributed by atoms with Gasteiger partial charge < -0.3 is 4.90 Å². The summed E-state index contributed by atoms with van der Waals surface area (Å²) >= 11 is 0. The van der Waals surface area contributed by atoms with Gasteiger partial charge in [-0.15, -0.1) is 0 Å². The van der Waals surface area contributed by atoms with Gasteiger partial charge in [-0.25, -0.2) is 0 Å². The summed E-state index contributed by atoms with van der Waals surface area (Å²) in [5.41, 5.74) is 3.04. The standard InChI is InChI=1S/C21H30N2O/c1-2-13-22-14-11-21(20(22)24)12-15-23(16-21)19-9-7-17-5-3-4-6-18(17)8-10-19/h3-6,19H,2,7-16H2,1H3. The van der Waals surface area contributed by atoms with E-state index in [0.29, 0.717) is 11.9 Å². The van der Waals surface area contributed by atoms with Crippen LogP contribution in [0.2, 0.25) is 0 Å². The molecule has 0 N–H and O–H groups in total. The maximum atomic E-state index is 12.9. The third-order valence-electron chi connectivity index (χ3n) is 6.61. The Morgan fingerprint density at radius 1 is 1.08 bits per heavy atom. The fraction of sp³-hybridized carbons (Fsp3) is 0.667. The van der Waals surface area contributed by atoms with Crippen molar-refractivity contribution >= 4 is 5.91 Å². The number of carbonyl (C=O) groups is 1. The van der Waals surface area contributed by atoms with Gasteiger partial charge in [0.1, 0.15) is 0 Å². The highest BCUT2D eigenvalue weighted by atomic mass is 16.2. The van der Waals surface area contributed by atoms with Crippen molar-refractivity contribution in [2.45, 2.75) is 57.9 Å². The summed E-state index contributed by atoms with van der Waals surface area (Å²) in [4.78, 5) is 17.7. The quantitative estimate of drug-likeness (QED) is 0.796. The largest absolute Gasteiger partial charge is 0.342 e. The normalized spacial score (nSPS) is 28.5. The first-order valence-corrected chi connectivity index (χ1v) is 9.82. The van der Waals surface area contributed by atoms with Crippen molar-refractivity contribution in [2.24, 2.45) is 5.41 Å². The third kappa shape index (κ3) is 2.77. The first-order valence-electron chi connectivity index (χ1n) is 9.82. The highest BCUT2D eigenvalue weighted by molar-refractivity contribution is 5.85. The highest BCUT2D eigenvalue weighted by Gasteiger charge is 2.51. The Balaban J connectivity index is 1.42. The number of amides is 1. The summed E-state index contributed by atoms with van der Waals surface area (Å²) in [7, 11) is 0. The lowest BCUT2D eigenvalue weighted by molar-refractivity contribution is -0.135. The summed E-state index contributed by atoms with van der Waals surface area (Å²) in [6.45, 7) is 6.22. The topological polar surface area (TPSA) is 23.6 Å². The number of hydrogen-bond acceptors (Lipinski definition) is 2. The molecule has 2 saturated heterocycles. The van der Waals surface area contributed by atoms with Crippen LogP contribution in [0.5, 0.6) is 0 Å². The van der Waals surface area contributed by atoms with E-state index >= 15 is 0 Å². The molecule has 1 spiro atoms. The number of hydrogen-bond donors (Lipinski definition) is 0. The molecule has 3 heteroatoms. The van der Waals surface area contributed by atoms with Gasteiger partial charge >= 0.3 is 0 Å². The zero-order chi connectivity index (χ0) is 16.6. The van der Waals surface area contributed by atoms with Crippen LogP contribution in [0.25, 0.3) is 0 Å². The van der Waals surface area contributed by atoms with E-state index in [2.05, 4.69) is 41.0 Å². The lowest BCUT2D eigenvalue weighted by atomic mass is 9.85. The molecule has 3 aliphatic rings. The maximum Gasteiger partial charge on any atom is 0.230 e. The maximum absolute atomic E-state index is 12.9. The number of benzene rings is 1. The molecular weight excluding hydrogens is 296 g/mol. The van der Waals surface area contributed by atoms with Crippen molar-refractivity contribution in [3.63, 3.8) is 0 Å². The van der Waals surface area contributed by atoms with Gasteiger partial charge in [0, 0.05) is 25.7 Å². The number of likely N-dealkylation sites (tertiary alicyclic amines) is 2. The van der Waals surface area contributed by atoms with Crippen LogP contribution in [-0.4, -0.2) is 47.9 Å². The molecule has 1 unspecified atom stereocenters. The number of carbonyl (C=O) groups excluding carboxylic acids is 1. The summed E-state index contributed by atoms with van der Waals surface area (Å²) in [6, 6.07) is 9.59. The molecule has 0 bridgehead atoms. The van der Waals surface area contributed by atoms with Crippen LogP contribution in [0.4, 0.5) is 0 Å². The van der Waals surface area contributed by atoms with Crippen LogP contribution in [-0.2, 0) is 17.6 Å². The van der Waals surface area contributed by atoms with Crippen molar-refractivity contribution in [3.05, 3.63) is 35.4 Å². The van der Waals surface area contributed by atoms with Crippen LogP contribution < -0.4 is 0 Å². The van der Waals surface area contributed by atoms with Crippen LogP contribution >= 0.6 is 0 Å². The first kappa shape index (κ1) is 16.1. The van der Waals surface area contributed by atoms with Crippen molar-refractivity contribution in [1.29, 1.82) is 0 Å². The van der Waals surface area contributed by atoms with Crippen molar-refractivity contribution in [1.82, 2.24) is 9.80 Å². The molecule has 2 aliphatic heterocycles. The lowest BCUT2D eigenvalue weighted by Crippen LogP contribution is -2.40. The van der Waals surface area contributed by atoms with E-state index < -0.39 is 0 Å². The second-order valence-electron chi connectivity index (χ2n) is 8.04. The minimum absolute atomic E-state index is 0.0473. The summed E-state index contributed by atoms with van der Waals surface area (Å²) in [6.07, 6.45) is 8.12. The van der Waals surface area contributed by atoms with Gasteiger partial charge in [-0.3, -0.25) is 9.69 Å². The van der Waals surface area contributed by atoms with Crippen LogP contribution in [0.1, 0.15) is 50.2 Å². The third-order valence-corrected chi connectivity index (χ3v) is 6.61. The molecule has 0 saturated carbocycles. The fourth-order valence-electron chi connectivity index (χ4n) is 5.17. The van der Waals surface area contributed by atoms with E-state index in [0.717, 1.165) is 45.4 Å². The monoisotopic (exact) mass is 326 g/mol. The van der Waals surface area contributed by atoms with E-state index in [9.17, 15) is 4.79 Å². The summed E-state index contributed by atoms with van der Waals surface area (Å²) < 4.78 is 0. The van der Waals surface area contributed by atoms with Crippen LogP contribution in [0.3, 0.4) is 0 Å². The predicted molar refractivity (Wildman–Crippen MR) is 97.0 cm³/mol. The average Bonchev–Trinajstić information content (AvgIpc) is 3.08. The van der Waals surface area contributed by atoms with Gasteiger partial charge in [0.05, 0.1) is 5.41 Å². The molecule has 2 heterocycles. The zero-order valence-electron chi connectivity index (χ0n) is 15.0. The molecule has 1 aromatic carbocycles.